The molecule has 4 heteroatoms. The number of esters is 1. The van der Waals surface area contributed by atoms with Gasteiger partial charge in [0.05, 0.1) is 6.54 Å². The van der Waals surface area contributed by atoms with Gasteiger partial charge in [0.25, 0.3) is 0 Å². The Morgan fingerprint density at radius 3 is 2.38 bits per heavy atom. The molecule has 0 bridgehead atoms. The van der Waals surface area contributed by atoms with Crippen molar-refractivity contribution in [2.24, 2.45) is 5.73 Å². The zero-order chi connectivity index (χ0) is 12.2. The normalized spacial score (nSPS) is 26.5. The fraction of sp³-hybridized carbons (Fsp3) is 0.917. The Balaban J connectivity index is 2.17. The van der Waals surface area contributed by atoms with E-state index in [0.29, 0.717) is 18.6 Å². The van der Waals surface area contributed by atoms with Crippen molar-refractivity contribution in [3.8, 4) is 0 Å². The molecule has 1 rings (SSSR count). The van der Waals surface area contributed by atoms with E-state index in [1.54, 1.807) is 0 Å². The van der Waals surface area contributed by atoms with Crippen LogP contribution in [0.5, 0.6) is 0 Å². The van der Waals surface area contributed by atoms with Crippen LogP contribution in [0.4, 0.5) is 0 Å². The molecule has 4 nitrogen and oxygen atoms in total. The Morgan fingerprint density at radius 2 is 1.88 bits per heavy atom. The zero-order valence-corrected chi connectivity index (χ0v) is 10.6. The summed E-state index contributed by atoms with van der Waals surface area (Å²) in [6.45, 7) is 5.94. The Hall–Kier alpha value is -0.610. The van der Waals surface area contributed by atoms with E-state index < -0.39 is 5.60 Å². The second-order valence-corrected chi connectivity index (χ2v) is 5.58. The second-order valence-electron chi connectivity index (χ2n) is 5.58. The summed E-state index contributed by atoms with van der Waals surface area (Å²) >= 11 is 0. The van der Waals surface area contributed by atoms with Crippen LogP contribution in [0.15, 0.2) is 0 Å². The van der Waals surface area contributed by atoms with Crippen molar-refractivity contribution in [2.45, 2.75) is 64.1 Å². The van der Waals surface area contributed by atoms with Gasteiger partial charge in [0.1, 0.15) is 5.60 Å². The molecule has 0 aliphatic heterocycles. The van der Waals surface area contributed by atoms with Crippen LogP contribution in [-0.2, 0) is 9.53 Å². The van der Waals surface area contributed by atoms with Crippen molar-refractivity contribution in [3.05, 3.63) is 0 Å². The van der Waals surface area contributed by atoms with Crippen LogP contribution in [0, 0.1) is 0 Å². The van der Waals surface area contributed by atoms with Gasteiger partial charge >= 0.3 is 5.97 Å². The van der Waals surface area contributed by atoms with Crippen molar-refractivity contribution >= 4 is 5.97 Å². The molecule has 1 fully saturated rings. The van der Waals surface area contributed by atoms with Gasteiger partial charge in [0, 0.05) is 12.1 Å². The Kier molecular flexibility index (Phi) is 4.74. The zero-order valence-electron chi connectivity index (χ0n) is 10.6. The molecule has 94 valence electrons. The molecule has 1 aliphatic rings. The van der Waals surface area contributed by atoms with Crippen LogP contribution in [0.1, 0.15) is 46.5 Å². The van der Waals surface area contributed by atoms with E-state index in [0.717, 1.165) is 25.7 Å². The maximum Gasteiger partial charge on any atom is 0.320 e. The van der Waals surface area contributed by atoms with Gasteiger partial charge in [0.15, 0.2) is 0 Å². The Morgan fingerprint density at radius 1 is 1.31 bits per heavy atom. The van der Waals surface area contributed by atoms with Crippen LogP contribution in [0.25, 0.3) is 0 Å². The topological polar surface area (TPSA) is 64.3 Å². The number of carbonyl (C=O) groups is 1. The quantitative estimate of drug-likeness (QED) is 0.712. The fourth-order valence-corrected chi connectivity index (χ4v) is 1.93. The maximum absolute atomic E-state index is 11.5. The highest BCUT2D eigenvalue weighted by molar-refractivity contribution is 5.72. The lowest BCUT2D eigenvalue weighted by molar-refractivity contribution is -0.153. The summed E-state index contributed by atoms with van der Waals surface area (Å²) in [4.78, 5) is 11.5. The number of nitrogens with one attached hydrogen (secondary N) is 1. The molecular weight excluding hydrogens is 204 g/mol. The smallest absolute Gasteiger partial charge is 0.320 e. The summed E-state index contributed by atoms with van der Waals surface area (Å²) in [7, 11) is 0. The second kappa shape index (κ2) is 5.64. The van der Waals surface area contributed by atoms with Gasteiger partial charge in [-0.05, 0) is 46.5 Å². The molecule has 0 heterocycles. The van der Waals surface area contributed by atoms with E-state index in [1.165, 1.54) is 0 Å². The monoisotopic (exact) mass is 228 g/mol. The highest BCUT2D eigenvalue weighted by Gasteiger charge is 2.20. The van der Waals surface area contributed by atoms with Gasteiger partial charge in [-0.2, -0.15) is 0 Å². The average Bonchev–Trinajstić information content (AvgIpc) is 2.14. The molecule has 0 unspecified atom stereocenters. The number of ether oxygens (including phenoxy) is 1. The molecule has 0 aromatic rings. The lowest BCUT2D eigenvalue weighted by Crippen LogP contribution is -2.41. The first kappa shape index (κ1) is 13.5. The van der Waals surface area contributed by atoms with E-state index in [9.17, 15) is 4.79 Å². The molecule has 16 heavy (non-hydrogen) atoms. The minimum Gasteiger partial charge on any atom is -0.459 e. The van der Waals surface area contributed by atoms with Crippen LogP contribution in [-0.4, -0.2) is 30.2 Å². The molecular formula is C12H24N2O2. The predicted octanol–water partition coefficient (Wildman–Crippen LogP) is 1.19. The molecule has 0 aromatic heterocycles. The van der Waals surface area contributed by atoms with E-state index in [2.05, 4.69) is 5.32 Å². The lowest BCUT2D eigenvalue weighted by atomic mass is 9.92. The van der Waals surface area contributed by atoms with Gasteiger partial charge in [-0.1, -0.05) is 0 Å². The van der Waals surface area contributed by atoms with Gasteiger partial charge in [-0.15, -0.1) is 0 Å². The molecule has 0 spiro atoms. The lowest BCUT2D eigenvalue weighted by Gasteiger charge is -2.27. The predicted molar refractivity (Wildman–Crippen MR) is 64.1 cm³/mol. The number of nitrogens with two attached hydrogens (primary N) is 1. The fourth-order valence-electron chi connectivity index (χ4n) is 1.93. The van der Waals surface area contributed by atoms with Crippen molar-refractivity contribution in [3.63, 3.8) is 0 Å². The highest BCUT2D eigenvalue weighted by Crippen LogP contribution is 2.16. The van der Waals surface area contributed by atoms with Gasteiger partial charge in [-0.25, -0.2) is 0 Å². The SMILES string of the molecule is CC(C)(C)OC(=O)CNC1CCC(N)CC1. The molecule has 1 aliphatic carbocycles. The molecule has 0 radical (unpaired) electrons. The van der Waals surface area contributed by atoms with Crippen LogP contribution in [0.3, 0.4) is 0 Å². The minimum atomic E-state index is -0.395. The minimum absolute atomic E-state index is 0.178. The summed E-state index contributed by atoms with van der Waals surface area (Å²) in [5.74, 6) is -0.178. The third kappa shape index (κ3) is 5.47. The van der Waals surface area contributed by atoms with Crippen molar-refractivity contribution in [1.29, 1.82) is 0 Å². The number of hydrogen-bond donors (Lipinski definition) is 2. The average molecular weight is 228 g/mol. The highest BCUT2D eigenvalue weighted by atomic mass is 16.6. The van der Waals surface area contributed by atoms with E-state index in [1.807, 2.05) is 20.8 Å². The summed E-state index contributed by atoms with van der Waals surface area (Å²) in [6, 6.07) is 0.770. The summed E-state index contributed by atoms with van der Waals surface area (Å²) in [5.41, 5.74) is 5.42. The van der Waals surface area contributed by atoms with Gasteiger partial charge in [-0.3, -0.25) is 4.79 Å². The van der Waals surface area contributed by atoms with Crippen molar-refractivity contribution in [2.75, 3.05) is 6.54 Å². The summed E-state index contributed by atoms with van der Waals surface area (Å²) in [6.07, 6.45) is 4.21. The first-order valence-corrected chi connectivity index (χ1v) is 6.07. The molecule has 3 N–H and O–H groups in total. The molecule has 0 saturated heterocycles. The number of carbonyl (C=O) groups excluding carboxylic acids is 1. The third-order valence-electron chi connectivity index (χ3n) is 2.73. The summed E-state index contributed by atoms with van der Waals surface area (Å²) in [5, 5.41) is 3.23. The third-order valence-corrected chi connectivity index (χ3v) is 2.73. The van der Waals surface area contributed by atoms with Crippen LogP contribution in [0.2, 0.25) is 0 Å². The van der Waals surface area contributed by atoms with Crippen LogP contribution >= 0.6 is 0 Å². The Bertz CT molecular complexity index is 228. The van der Waals surface area contributed by atoms with Crippen LogP contribution < -0.4 is 11.1 Å². The van der Waals surface area contributed by atoms with Gasteiger partial charge in [0.2, 0.25) is 0 Å². The number of rotatable bonds is 3. The van der Waals surface area contributed by atoms with Crippen molar-refractivity contribution in [1.82, 2.24) is 5.32 Å². The molecule has 1 saturated carbocycles. The van der Waals surface area contributed by atoms with Gasteiger partial charge < -0.3 is 15.8 Å². The molecule has 0 aromatic carbocycles. The molecule has 0 amide bonds. The first-order chi connectivity index (χ1) is 7.37. The largest absolute Gasteiger partial charge is 0.459 e. The van der Waals surface area contributed by atoms with Crippen molar-refractivity contribution < 1.29 is 9.53 Å². The molecule has 0 atom stereocenters. The standard InChI is InChI=1S/C12H24N2O2/c1-12(2,3)16-11(15)8-14-10-6-4-9(13)5-7-10/h9-10,14H,4-8,13H2,1-3H3. The summed E-state index contributed by atoms with van der Waals surface area (Å²) < 4.78 is 5.22. The Labute approximate surface area is 97.9 Å². The maximum atomic E-state index is 11.5. The van der Waals surface area contributed by atoms with E-state index >= 15 is 0 Å². The first-order valence-electron chi connectivity index (χ1n) is 6.07. The van der Waals surface area contributed by atoms with E-state index in [-0.39, 0.29) is 5.97 Å². The van der Waals surface area contributed by atoms with E-state index in [4.69, 9.17) is 10.5 Å². The number of hydrogen-bond acceptors (Lipinski definition) is 4.